The molecule has 3 atom stereocenters. The molecule has 1 heterocycles. The summed E-state index contributed by atoms with van der Waals surface area (Å²) >= 11 is 0. The number of carbonyl (C=O) groups excluding carboxylic acids is 1. The number of amides is 1. The zero-order chi connectivity index (χ0) is 13.9. The maximum absolute atomic E-state index is 12.2. The van der Waals surface area contributed by atoms with Crippen molar-refractivity contribution in [2.75, 3.05) is 13.1 Å². The lowest BCUT2D eigenvalue weighted by atomic mass is 9.84. The zero-order valence-electron chi connectivity index (χ0n) is 13.2. The Hall–Kier alpha value is -0.280. The van der Waals surface area contributed by atoms with Gasteiger partial charge in [-0.25, -0.2) is 0 Å². The van der Waals surface area contributed by atoms with E-state index in [4.69, 9.17) is 0 Å². The first-order chi connectivity index (χ1) is 8.99. The van der Waals surface area contributed by atoms with Crippen molar-refractivity contribution in [3.63, 3.8) is 0 Å². The lowest BCUT2D eigenvalue weighted by Gasteiger charge is -2.30. The van der Waals surface area contributed by atoms with Crippen molar-refractivity contribution < 1.29 is 4.79 Å². The van der Waals surface area contributed by atoms with Crippen LogP contribution in [-0.2, 0) is 4.79 Å². The van der Waals surface area contributed by atoms with E-state index in [-0.39, 0.29) is 23.7 Å². The number of hydrogen-bond acceptors (Lipinski definition) is 2. The van der Waals surface area contributed by atoms with Crippen LogP contribution in [0.4, 0.5) is 0 Å². The van der Waals surface area contributed by atoms with Gasteiger partial charge in [0.25, 0.3) is 0 Å². The van der Waals surface area contributed by atoms with Crippen LogP contribution in [0.25, 0.3) is 0 Å². The lowest BCUT2D eigenvalue weighted by molar-refractivity contribution is -0.123. The molecule has 1 amide bonds. The van der Waals surface area contributed by atoms with Gasteiger partial charge in [-0.15, -0.1) is 12.4 Å². The number of piperidine rings is 1. The van der Waals surface area contributed by atoms with Crippen molar-refractivity contribution in [3.05, 3.63) is 0 Å². The number of rotatable bonds is 4. The quantitative estimate of drug-likeness (QED) is 0.838. The minimum absolute atomic E-state index is 0. The fourth-order valence-electron chi connectivity index (χ4n) is 3.67. The Balaban J connectivity index is 0.00000200. The minimum atomic E-state index is 0. The van der Waals surface area contributed by atoms with Gasteiger partial charge in [0.05, 0.1) is 0 Å². The van der Waals surface area contributed by atoms with E-state index >= 15 is 0 Å². The smallest absolute Gasteiger partial charge is 0.220 e. The largest absolute Gasteiger partial charge is 0.353 e. The van der Waals surface area contributed by atoms with Gasteiger partial charge < -0.3 is 10.6 Å². The third kappa shape index (κ3) is 4.63. The Morgan fingerprint density at radius 3 is 2.65 bits per heavy atom. The second-order valence-electron chi connectivity index (χ2n) is 7.29. The summed E-state index contributed by atoms with van der Waals surface area (Å²) in [4.78, 5) is 12.2. The molecule has 1 saturated carbocycles. The first kappa shape index (κ1) is 17.8. The van der Waals surface area contributed by atoms with Crippen LogP contribution in [0.1, 0.15) is 59.3 Å². The molecule has 3 nitrogen and oxygen atoms in total. The number of hydrogen-bond donors (Lipinski definition) is 2. The number of carbonyl (C=O) groups is 1. The summed E-state index contributed by atoms with van der Waals surface area (Å²) in [5.74, 6) is 1.44. The van der Waals surface area contributed by atoms with Crippen LogP contribution in [0.15, 0.2) is 0 Å². The fourth-order valence-corrected chi connectivity index (χ4v) is 3.67. The van der Waals surface area contributed by atoms with E-state index in [9.17, 15) is 4.79 Å². The second kappa shape index (κ2) is 7.65. The highest BCUT2D eigenvalue weighted by Gasteiger charge is 2.35. The first-order valence-electron chi connectivity index (χ1n) is 7.99. The van der Waals surface area contributed by atoms with Gasteiger partial charge in [0.15, 0.2) is 0 Å². The van der Waals surface area contributed by atoms with Crippen LogP contribution in [0.2, 0.25) is 0 Å². The zero-order valence-corrected chi connectivity index (χ0v) is 14.0. The van der Waals surface area contributed by atoms with Crippen LogP contribution >= 0.6 is 12.4 Å². The van der Waals surface area contributed by atoms with Crippen molar-refractivity contribution in [2.24, 2.45) is 17.3 Å². The highest BCUT2D eigenvalue weighted by molar-refractivity contribution is 5.85. The van der Waals surface area contributed by atoms with Gasteiger partial charge in [-0.05, 0) is 56.0 Å². The third-order valence-electron chi connectivity index (χ3n) is 5.24. The molecule has 0 radical (unpaired) electrons. The topological polar surface area (TPSA) is 41.1 Å². The van der Waals surface area contributed by atoms with Crippen molar-refractivity contribution >= 4 is 18.3 Å². The summed E-state index contributed by atoms with van der Waals surface area (Å²) in [7, 11) is 0. The van der Waals surface area contributed by atoms with E-state index in [2.05, 4.69) is 31.4 Å². The molecular weight excluding hydrogens is 272 g/mol. The Kier molecular flexibility index (Phi) is 6.80. The van der Waals surface area contributed by atoms with Gasteiger partial charge in [0.1, 0.15) is 0 Å². The maximum atomic E-state index is 12.2. The monoisotopic (exact) mass is 302 g/mol. The SMILES string of the molecule is CC(CC(=O)NC1CCCC1(C)C)C1CCCNC1.Cl. The second-order valence-corrected chi connectivity index (χ2v) is 7.29. The molecule has 4 heteroatoms. The first-order valence-corrected chi connectivity index (χ1v) is 7.99. The van der Waals surface area contributed by atoms with Gasteiger partial charge in [-0.1, -0.05) is 27.2 Å². The molecule has 0 aromatic heterocycles. The number of nitrogens with one attached hydrogen (secondary N) is 2. The molecule has 1 aliphatic carbocycles. The fraction of sp³-hybridized carbons (Fsp3) is 0.938. The highest BCUT2D eigenvalue weighted by atomic mass is 35.5. The summed E-state index contributed by atoms with van der Waals surface area (Å²) < 4.78 is 0. The van der Waals surface area contributed by atoms with Gasteiger partial charge in [-0.2, -0.15) is 0 Å². The third-order valence-corrected chi connectivity index (χ3v) is 5.24. The van der Waals surface area contributed by atoms with Crippen molar-refractivity contribution in [2.45, 2.75) is 65.3 Å². The average Bonchev–Trinajstić information content (AvgIpc) is 2.69. The van der Waals surface area contributed by atoms with Crippen LogP contribution in [0, 0.1) is 17.3 Å². The van der Waals surface area contributed by atoms with E-state index < -0.39 is 0 Å². The molecule has 0 spiro atoms. The molecule has 2 rings (SSSR count). The molecule has 2 N–H and O–H groups in total. The molecule has 1 aliphatic heterocycles. The van der Waals surface area contributed by atoms with Gasteiger partial charge >= 0.3 is 0 Å². The number of halogens is 1. The summed E-state index contributed by atoms with van der Waals surface area (Å²) in [6.45, 7) is 9.02. The van der Waals surface area contributed by atoms with Gasteiger partial charge in [0, 0.05) is 12.5 Å². The van der Waals surface area contributed by atoms with Crippen LogP contribution < -0.4 is 10.6 Å². The van der Waals surface area contributed by atoms with Crippen LogP contribution in [0.3, 0.4) is 0 Å². The molecule has 1 saturated heterocycles. The summed E-state index contributed by atoms with van der Waals surface area (Å²) in [5.41, 5.74) is 0.283. The lowest BCUT2D eigenvalue weighted by Crippen LogP contribution is -2.43. The minimum Gasteiger partial charge on any atom is -0.353 e. The normalized spacial score (nSPS) is 30.4. The van der Waals surface area contributed by atoms with Crippen LogP contribution in [-0.4, -0.2) is 25.0 Å². The molecular formula is C16H31ClN2O. The molecule has 0 bridgehead atoms. The van der Waals surface area contributed by atoms with Crippen molar-refractivity contribution in [1.29, 1.82) is 0 Å². The standard InChI is InChI=1S/C16H30N2O.ClH/c1-12(13-6-5-9-17-11-13)10-15(19)18-14-7-4-8-16(14,2)3;/h12-14,17H,4-11H2,1-3H3,(H,18,19);1H. The predicted octanol–water partition coefficient (Wildman–Crippen LogP) is 3.13. The van der Waals surface area contributed by atoms with Crippen LogP contribution in [0.5, 0.6) is 0 Å². The Bertz CT molecular complexity index is 314. The molecule has 2 fully saturated rings. The van der Waals surface area contributed by atoms with Gasteiger partial charge in [0.2, 0.25) is 5.91 Å². The van der Waals surface area contributed by atoms with E-state index in [0.29, 0.717) is 24.3 Å². The highest BCUT2D eigenvalue weighted by Crippen LogP contribution is 2.37. The average molecular weight is 303 g/mol. The van der Waals surface area contributed by atoms with E-state index in [0.717, 1.165) is 19.5 Å². The van der Waals surface area contributed by atoms with Crippen molar-refractivity contribution in [3.8, 4) is 0 Å². The van der Waals surface area contributed by atoms with Crippen molar-refractivity contribution in [1.82, 2.24) is 10.6 Å². The summed E-state index contributed by atoms with van der Waals surface area (Å²) in [6.07, 6.45) is 6.86. The Morgan fingerprint density at radius 1 is 1.35 bits per heavy atom. The van der Waals surface area contributed by atoms with E-state index in [1.807, 2.05) is 0 Å². The molecule has 20 heavy (non-hydrogen) atoms. The van der Waals surface area contributed by atoms with Gasteiger partial charge in [-0.3, -0.25) is 4.79 Å². The Morgan fingerprint density at radius 2 is 2.10 bits per heavy atom. The Labute approximate surface area is 130 Å². The predicted molar refractivity (Wildman–Crippen MR) is 86.2 cm³/mol. The maximum Gasteiger partial charge on any atom is 0.220 e. The van der Waals surface area contributed by atoms with E-state index in [1.165, 1.54) is 25.7 Å². The summed E-state index contributed by atoms with van der Waals surface area (Å²) in [6, 6.07) is 0.386. The summed E-state index contributed by atoms with van der Waals surface area (Å²) in [5, 5.41) is 6.72. The molecule has 0 aromatic carbocycles. The molecule has 118 valence electrons. The van der Waals surface area contributed by atoms with E-state index in [1.54, 1.807) is 0 Å². The molecule has 2 aliphatic rings. The molecule has 0 aromatic rings. The molecule has 3 unspecified atom stereocenters.